The lowest BCUT2D eigenvalue weighted by molar-refractivity contribution is 0.0796. The summed E-state index contributed by atoms with van der Waals surface area (Å²) in [5.74, 6) is 0.138. The maximum Gasteiger partial charge on any atom is 0.253 e. The van der Waals surface area contributed by atoms with Gasteiger partial charge in [-0.25, -0.2) is 0 Å². The normalized spacial score (nSPS) is 11.3. The maximum atomic E-state index is 12.3. The third kappa shape index (κ3) is 4.59. The summed E-state index contributed by atoms with van der Waals surface area (Å²) in [5.41, 5.74) is 3.29. The number of carbonyl (C=O) groups excluding carboxylic acids is 1. The van der Waals surface area contributed by atoms with E-state index < -0.39 is 0 Å². The van der Waals surface area contributed by atoms with Gasteiger partial charge in [-0.3, -0.25) is 4.79 Å². The minimum absolute atomic E-state index is 0.0312. The Balaban J connectivity index is 1.94. The van der Waals surface area contributed by atoms with Crippen molar-refractivity contribution >= 4 is 5.91 Å². The summed E-state index contributed by atoms with van der Waals surface area (Å²) in [5, 5.41) is 9.28. The Morgan fingerprint density at radius 2 is 1.57 bits per heavy atom. The zero-order chi connectivity index (χ0) is 17.0. The fourth-order valence-corrected chi connectivity index (χ4v) is 2.39. The molecule has 0 saturated heterocycles. The van der Waals surface area contributed by atoms with E-state index in [0.717, 1.165) is 6.42 Å². The largest absolute Gasteiger partial charge is 0.508 e. The molecule has 0 fully saturated rings. The topological polar surface area (TPSA) is 40.5 Å². The minimum Gasteiger partial charge on any atom is -0.508 e. The van der Waals surface area contributed by atoms with Gasteiger partial charge in [0.1, 0.15) is 5.75 Å². The van der Waals surface area contributed by atoms with Crippen LogP contribution in [0.5, 0.6) is 5.75 Å². The lowest BCUT2D eigenvalue weighted by Crippen LogP contribution is -2.28. The van der Waals surface area contributed by atoms with Crippen molar-refractivity contribution in [2.75, 3.05) is 13.6 Å². The van der Waals surface area contributed by atoms with Crippen molar-refractivity contribution in [1.29, 1.82) is 0 Å². The van der Waals surface area contributed by atoms with Crippen molar-refractivity contribution in [3.8, 4) is 5.75 Å². The fourth-order valence-electron chi connectivity index (χ4n) is 2.39. The molecular formula is C20H25NO2. The molecule has 1 N–H and O–H groups in total. The highest BCUT2D eigenvalue weighted by Gasteiger charge is 2.14. The summed E-state index contributed by atoms with van der Waals surface area (Å²) in [6.07, 6.45) is 0.824. The Hall–Kier alpha value is -2.29. The van der Waals surface area contributed by atoms with Crippen molar-refractivity contribution in [2.45, 2.75) is 32.6 Å². The summed E-state index contributed by atoms with van der Waals surface area (Å²) in [7, 11) is 1.80. The van der Waals surface area contributed by atoms with Crippen molar-refractivity contribution in [1.82, 2.24) is 4.90 Å². The summed E-state index contributed by atoms with van der Waals surface area (Å²) < 4.78 is 0. The molecule has 0 aliphatic carbocycles. The molecule has 0 bridgehead atoms. The smallest absolute Gasteiger partial charge is 0.253 e. The molecule has 23 heavy (non-hydrogen) atoms. The first-order valence-electron chi connectivity index (χ1n) is 7.91. The fraction of sp³-hybridized carbons (Fsp3) is 0.350. The van der Waals surface area contributed by atoms with Crippen LogP contribution in [0.15, 0.2) is 48.5 Å². The average molecular weight is 311 g/mol. The van der Waals surface area contributed by atoms with Crippen LogP contribution in [0, 0.1) is 0 Å². The Morgan fingerprint density at radius 1 is 1.00 bits per heavy atom. The van der Waals surface area contributed by atoms with Crippen molar-refractivity contribution in [3.05, 3.63) is 65.2 Å². The molecule has 2 aromatic carbocycles. The number of amides is 1. The zero-order valence-corrected chi connectivity index (χ0v) is 14.3. The lowest BCUT2D eigenvalue weighted by Gasteiger charge is -2.20. The second-order valence-electron chi connectivity index (χ2n) is 6.97. The molecule has 0 radical (unpaired) electrons. The number of carbonyl (C=O) groups is 1. The van der Waals surface area contributed by atoms with E-state index >= 15 is 0 Å². The van der Waals surface area contributed by atoms with Crippen LogP contribution in [0.3, 0.4) is 0 Å². The molecule has 0 aliphatic rings. The second kappa shape index (κ2) is 6.86. The molecule has 2 rings (SSSR count). The van der Waals surface area contributed by atoms with Crippen LogP contribution < -0.4 is 0 Å². The van der Waals surface area contributed by atoms with E-state index in [-0.39, 0.29) is 17.1 Å². The SMILES string of the molecule is CN(CCc1ccc(C(C)(C)C)cc1)C(=O)c1ccc(O)cc1. The first-order chi connectivity index (χ1) is 10.8. The summed E-state index contributed by atoms with van der Waals surface area (Å²) in [6, 6.07) is 15.0. The number of aromatic hydroxyl groups is 1. The molecule has 0 saturated carbocycles. The van der Waals surface area contributed by atoms with E-state index in [1.807, 2.05) is 0 Å². The van der Waals surface area contributed by atoms with Gasteiger partial charge in [0.15, 0.2) is 0 Å². The third-order valence-corrected chi connectivity index (χ3v) is 4.02. The Labute approximate surface area is 138 Å². The number of rotatable bonds is 4. The van der Waals surface area contributed by atoms with Crippen molar-refractivity contribution in [3.63, 3.8) is 0 Å². The number of hydrogen-bond acceptors (Lipinski definition) is 2. The average Bonchev–Trinajstić information content (AvgIpc) is 2.52. The Kier molecular flexibility index (Phi) is 5.09. The highest BCUT2D eigenvalue weighted by atomic mass is 16.3. The van der Waals surface area contributed by atoms with Gasteiger partial charge < -0.3 is 10.0 Å². The molecule has 0 unspecified atom stereocenters. The monoisotopic (exact) mass is 311 g/mol. The predicted octanol–water partition coefficient (Wildman–Crippen LogP) is 4.00. The van der Waals surface area contributed by atoms with Gasteiger partial charge in [-0.2, -0.15) is 0 Å². The molecular weight excluding hydrogens is 286 g/mol. The van der Waals surface area contributed by atoms with E-state index in [9.17, 15) is 9.90 Å². The highest BCUT2D eigenvalue weighted by molar-refractivity contribution is 5.94. The van der Waals surface area contributed by atoms with Crippen LogP contribution in [0.4, 0.5) is 0 Å². The van der Waals surface area contributed by atoms with Gasteiger partial charge in [-0.15, -0.1) is 0 Å². The number of hydrogen-bond donors (Lipinski definition) is 1. The van der Waals surface area contributed by atoms with E-state index in [1.165, 1.54) is 23.3 Å². The van der Waals surface area contributed by atoms with Gasteiger partial charge in [0.25, 0.3) is 5.91 Å². The molecule has 3 heteroatoms. The standard InChI is InChI=1S/C20H25NO2/c1-20(2,3)17-9-5-15(6-10-17)13-14-21(4)19(23)16-7-11-18(22)12-8-16/h5-12,22H,13-14H2,1-4H3. The molecule has 0 atom stereocenters. The highest BCUT2D eigenvalue weighted by Crippen LogP contribution is 2.22. The number of likely N-dealkylation sites (N-methyl/N-ethyl adjacent to an activating group) is 1. The summed E-state index contributed by atoms with van der Waals surface area (Å²) in [6.45, 7) is 7.26. The Morgan fingerprint density at radius 3 is 2.09 bits per heavy atom. The number of nitrogens with zero attached hydrogens (tertiary/aromatic N) is 1. The van der Waals surface area contributed by atoms with Crippen LogP contribution in [0.1, 0.15) is 42.3 Å². The van der Waals surface area contributed by atoms with E-state index in [0.29, 0.717) is 12.1 Å². The zero-order valence-electron chi connectivity index (χ0n) is 14.3. The van der Waals surface area contributed by atoms with Crippen molar-refractivity contribution < 1.29 is 9.90 Å². The molecule has 122 valence electrons. The van der Waals surface area contributed by atoms with E-state index in [2.05, 4.69) is 45.0 Å². The molecule has 1 amide bonds. The molecule has 2 aromatic rings. The van der Waals surface area contributed by atoms with E-state index in [1.54, 1.807) is 24.1 Å². The number of phenols is 1. The molecule has 0 heterocycles. The summed E-state index contributed by atoms with van der Waals surface area (Å²) in [4.78, 5) is 14.0. The van der Waals surface area contributed by atoms with Gasteiger partial charge in [-0.1, -0.05) is 45.0 Å². The minimum atomic E-state index is -0.0312. The first kappa shape index (κ1) is 17.1. The lowest BCUT2D eigenvalue weighted by atomic mass is 9.86. The molecule has 0 aliphatic heterocycles. The summed E-state index contributed by atoms with van der Waals surface area (Å²) >= 11 is 0. The molecule has 0 spiro atoms. The van der Waals surface area contributed by atoms with E-state index in [4.69, 9.17) is 0 Å². The van der Waals surface area contributed by atoms with Gasteiger partial charge in [0, 0.05) is 19.2 Å². The van der Waals surface area contributed by atoms with Crippen LogP contribution in [-0.4, -0.2) is 29.5 Å². The predicted molar refractivity (Wildman–Crippen MR) is 93.9 cm³/mol. The quantitative estimate of drug-likeness (QED) is 0.927. The first-order valence-corrected chi connectivity index (χ1v) is 7.91. The van der Waals surface area contributed by atoms with Gasteiger partial charge >= 0.3 is 0 Å². The molecule has 3 nitrogen and oxygen atoms in total. The second-order valence-corrected chi connectivity index (χ2v) is 6.97. The number of phenolic OH excluding ortho intramolecular Hbond substituents is 1. The van der Waals surface area contributed by atoms with Gasteiger partial charge in [-0.05, 0) is 47.2 Å². The van der Waals surface area contributed by atoms with Crippen LogP contribution >= 0.6 is 0 Å². The Bertz CT molecular complexity index is 652. The number of benzene rings is 2. The molecule has 0 aromatic heterocycles. The van der Waals surface area contributed by atoms with Gasteiger partial charge in [0.05, 0.1) is 0 Å². The van der Waals surface area contributed by atoms with Gasteiger partial charge in [0.2, 0.25) is 0 Å². The van der Waals surface area contributed by atoms with Crippen molar-refractivity contribution in [2.24, 2.45) is 0 Å². The van der Waals surface area contributed by atoms with Crippen LogP contribution in [0.25, 0.3) is 0 Å². The third-order valence-electron chi connectivity index (χ3n) is 4.02. The van der Waals surface area contributed by atoms with Crippen LogP contribution in [0.2, 0.25) is 0 Å². The van der Waals surface area contributed by atoms with Crippen LogP contribution in [-0.2, 0) is 11.8 Å². The maximum absolute atomic E-state index is 12.3.